The molecule has 0 spiro atoms. The van der Waals surface area contributed by atoms with Crippen molar-refractivity contribution in [2.75, 3.05) is 5.32 Å². The molecule has 112 valence electrons. The van der Waals surface area contributed by atoms with Gasteiger partial charge in [-0.1, -0.05) is 32.1 Å². The lowest BCUT2D eigenvalue weighted by atomic mass is 9.96. The molecular weight excluding hydrogens is 270 g/mol. The zero-order valence-corrected chi connectivity index (χ0v) is 11.3. The quantitative estimate of drug-likeness (QED) is 0.722. The molecule has 20 heavy (non-hydrogen) atoms. The van der Waals surface area contributed by atoms with E-state index in [0.29, 0.717) is 6.07 Å². The highest BCUT2D eigenvalue weighted by atomic mass is 19.4. The third-order valence-corrected chi connectivity index (χ3v) is 3.76. The second kappa shape index (κ2) is 6.46. The van der Waals surface area contributed by atoms with Crippen LogP contribution in [-0.2, 0) is 6.18 Å². The van der Waals surface area contributed by atoms with Gasteiger partial charge in [-0.05, 0) is 31.0 Å². The average Bonchev–Trinajstić information content (AvgIpc) is 2.33. The zero-order valence-electron chi connectivity index (χ0n) is 11.3. The predicted molar refractivity (Wildman–Crippen MR) is 71.1 cm³/mol. The molecule has 5 heteroatoms. The minimum Gasteiger partial charge on any atom is -0.380 e. The molecule has 1 aliphatic carbocycles. The van der Waals surface area contributed by atoms with Gasteiger partial charge in [0, 0.05) is 6.04 Å². The van der Waals surface area contributed by atoms with E-state index in [-0.39, 0.29) is 11.7 Å². The largest absolute Gasteiger partial charge is 0.416 e. The van der Waals surface area contributed by atoms with Gasteiger partial charge >= 0.3 is 6.18 Å². The second-order valence-electron chi connectivity index (χ2n) is 5.38. The van der Waals surface area contributed by atoms with E-state index in [1.807, 2.05) is 0 Å². The van der Waals surface area contributed by atoms with Gasteiger partial charge in [0.1, 0.15) is 5.82 Å². The summed E-state index contributed by atoms with van der Waals surface area (Å²) >= 11 is 0. The normalized spacial score (nSPS) is 18.4. The molecule has 1 aliphatic rings. The third kappa shape index (κ3) is 4.12. The molecule has 0 atom stereocenters. The third-order valence-electron chi connectivity index (χ3n) is 3.76. The Kier molecular flexibility index (Phi) is 4.89. The number of hydrogen-bond donors (Lipinski definition) is 1. The fraction of sp³-hybridized carbons (Fsp3) is 0.600. The van der Waals surface area contributed by atoms with Crippen LogP contribution < -0.4 is 5.32 Å². The van der Waals surface area contributed by atoms with E-state index in [1.165, 1.54) is 25.3 Å². The molecule has 1 nitrogen and oxygen atoms in total. The highest BCUT2D eigenvalue weighted by molar-refractivity contribution is 5.47. The van der Waals surface area contributed by atoms with Crippen LogP contribution in [0.1, 0.15) is 50.5 Å². The molecule has 0 aromatic heterocycles. The number of halogens is 4. The average molecular weight is 289 g/mol. The summed E-state index contributed by atoms with van der Waals surface area (Å²) in [7, 11) is 0. The smallest absolute Gasteiger partial charge is 0.380 e. The van der Waals surface area contributed by atoms with Gasteiger partial charge in [0.2, 0.25) is 0 Å². The van der Waals surface area contributed by atoms with Crippen molar-refractivity contribution in [3.63, 3.8) is 0 Å². The summed E-state index contributed by atoms with van der Waals surface area (Å²) in [5.41, 5.74) is -0.776. The van der Waals surface area contributed by atoms with Crippen molar-refractivity contribution >= 4 is 5.69 Å². The Balaban J connectivity index is 2.05. The maximum Gasteiger partial charge on any atom is 0.416 e. The minimum atomic E-state index is -4.50. The van der Waals surface area contributed by atoms with Gasteiger partial charge in [-0.25, -0.2) is 4.39 Å². The SMILES string of the molecule is Fc1cc(C(F)(F)F)ccc1NC1CCCCCCC1. The Morgan fingerprint density at radius 1 is 0.950 bits per heavy atom. The maximum atomic E-state index is 13.8. The van der Waals surface area contributed by atoms with Gasteiger partial charge in [-0.3, -0.25) is 0 Å². The topological polar surface area (TPSA) is 12.0 Å². The van der Waals surface area contributed by atoms with Crippen LogP contribution in [0.25, 0.3) is 0 Å². The van der Waals surface area contributed by atoms with Gasteiger partial charge in [0.25, 0.3) is 0 Å². The van der Waals surface area contributed by atoms with Crippen molar-refractivity contribution in [1.29, 1.82) is 0 Å². The van der Waals surface area contributed by atoms with E-state index in [2.05, 4.69) is 5.32 Å². The van der Waals surface area contributed by atoms with Crippen LogP contribution in [0.4, 0.5) is 23.2 Å². The lowest BCUT2D eigenvalue weighted by Gasteiger charge is -2.22. The molecular formula is C15H19F4N. The molecule has 0 unspecified atom stereocenters. The van der Waals surface area contributed by atoms with E-state index in [9.17, 15) is 17.6 Å². The summed E-state index contributed by atoms with van der Waals surface area (Å²) < 4.78 is 51.2. The Morgan fingerprint density at radius 3 is 2.10 bits per heavy atom. The fourth-order valence-corrected chi connectivity index (χ4v) is 2.63. The van der Waals surface area contributed by atoms with Crippen molar-refractivity contribution in [1.82, 2.24) is 0 Å². The number of nitrogens with one attached hydrogen (secondary N) is 1. The first-order valence-corrected chi connectivity index (χ1v) is 7.10. The molecule has 0 saturated heterocycles. The number of anilines is 1. The van der Waals surface area contributed by atoms with E-state index in [1.54, 1.807) is 0 Å². The van der Waals surface area contributed by atoms with Crippen molar-refractivity contribution in [3.05, 3.63) is 29.6 Å². The molecule has 0 radical (unpaired) electrons. The molecule has 1 saturated carbocycles. The fourth-order valence-electron chi connectivity index (χ4n) is 2.63. The molecule has 0 aliphatic heterocycles. The second-order valence-corrected chi connectivity index (χ2v) is 5.38. The lowest BCUT2D eigenvalue weighted by molar-refractivity contribution is -0.137. The van der Waals surface area contributed by atoms with Crippen molar-refractivity contribution < 1.29 is 17.6 Å². The highest BCUT2D eigenvalue weighted by Gasteiger charge is 2.31. The van der Waals surface area contributed by atoms with Crippen molar-refractivity contribution in [2.24, 2.45) is 0 Å². The van der Waals surface area contributed by atoms with E-state index in [0.717, 1.165) is 31.7 Å². The maximum absolute atomic E-state index is 13.8. The molecule has 0 bridgehead atoms. The van der Waals surface area contributed by atoms with Gasteiger partial charge in [0.15, 0.2) is 0 Å². The Labute approximate surface area is 116 Å². The molecule has 0 heterocycles. The van der Waals surface area contributed by atoms with Gasteiger partial charge < -0.3 is 5.32 Å². The van der Waals surface area contributed by atoms with Gasteiger partial charge in [-0.15, -0.1) is 0 Å². The predicted octanol–water partition coefficient (Wildman–Crippen LogP) is 5.37. The highest BCUT2D eigenvalue weighted by Crippen LogP contribution is 2.32. The van der Waals surface area contributed by atoms with Gasteiger partial charge in [-0.2, -0.15) is 13.2 Å². The summed E-state index contributed by atoms with van der Waals surface area (Å²) in [5, 5.41) is 3.05. The molecule has 0 amide bonds. The van der Waals surface area contributed by atoms with Crippen LogP contribution in [0.5, 0.6) is 0 Å². The first-order chi connectivity index (χ1) is 9.47. The molecule has 1 aromatic rings. The standard InChI is InChI=1S/C15H19F4N/c16-13-10-11(15(17,18)19)8-9-14(13)20-12-6-4-2-1-3-5-7-12/h8-10,12,20H,1-7H2. The van der Waals surface area contributed by atoms with E-state index >= 15 is 0 Å². The molecule has 1 fully saturated rings. The monoisotopic (exact) mass is 289 g/mol. The summed E-state index contributed by atoms with van der Waals surface area (Å²) in [6.07, 6.45) is 3.14. The summed E-state index contributed by atoms with van der Waals surface area (Å²) in [6, 6.07) is 2.83. The number of rotatable bonds is 2. The molecule has 1 aromatic carbocycles. The Bertz CT molecular complexity index is 434. The van der Waals surface area contributed by atoms with Crippen LogP contribution in [0.3, 0.4) is 0 Å². The minimum absolute atomic E-state index is 0.154. The Morgan fingerprint density at radius 2 is 1.55 bits per heavy atom. The summed E-state index contributed by atoms with van der Waals surface area (Å²) in [4.78, 5) is 0. The lowest BCUT2D eigenvalue weighted by Crippen LogP contribution is -2.21. The first-order valence-electron chi connectivity index (χ1n) is 7.10. The van der Waals surface area contributed by atoms with Crippen LogP contribution in [0.15, 0.2) is 18.2 Å². The zero-order chi connectivity index (χ0) is 14.6. The van der Waals surface area contributed by atoms with Gasteiger partial charge in [0.05, 0.1) is 11.3 Å². The number of hydrogen-bond acceptors (Lipinski definition) is 1. The van der Waals surface area contributed by atoms with Crippen LogP contribution in [0, 0.1) is 5.82 Å². The molecule has 2 rings (SSSR count). The number of benzene rings is 1. The van der Waals surface area contributed by atoms with Crippen molar-refractivity contribution in [3.8, 4) is 0 Å². The summed E-state index contributed by atoms with van der Waals surface area (Å²) in [6.45, 7) is 0. The summed E-state index contributed by atoms with van der Waals surface area (Å²) in [5.74, 6) is -0.832. The van der Waals surface area contributed by atoms with Crippen molar-refractivity contribution in [2.45, 2.75) is 57.2 Å². The van der Waals surface area contributed by atoms with Crippen LogP contribution in [0.2, 0.25) is 0 Å². The molecule has 1 N–H and O–H groups in total. The van der Waals surface area contributed by atoms with Crippen LogP contribution >= 0.6 is 0 Å². The van der Waals surface area contributed by atoms with E-state index < -0.39 is 17.6 Å². The van der Waals surface area contributed by atoms with E-state index in [4.69, 9.17) is 0 Å². The first kappa shape index (κ1) is 15.1. The number of alkyl halides is 3. The Hall–Kier alpha value is -1.26. The van der Waals surface area contributed by atoms with Crippen LogP contribution in [-0.4, -0.2) is 6.04 Å².